The minimum atomic E-state index is 0.0325. The molecule has 0 atom stereocenters. The van der Waals surface area contributed by atoms with Gasteiger partial charge in [0.2, 0.25) is 0 Å². The molecule has 0 amide bonds. The van der Waals surface area contributed by atoms with Crippen molar-refractivity contribution in [3.8, 4) is 33.0 Å². The van der Waals surface area contributed by atoms with Gasteiger partial charge < -0.3 is 4.57 Å². The predicted octanol–water partition coefficient (Wildman–Crippen LogP) is 5.26. The maximum absolute atomic E-state index is 13.6. The van der Waals surface area contributed by atoms with Gasteiger partial charge in [-0.15, -0.1) is 11.3 Å². The molecule has 0 fully saturated rings. The number of hydrogen-bond acceptors (Lipinski definition) is 4. The first-order valence-electron chi connectivity index (χ1n) is 9.84. The van der Waals surface area contributed by atoms with E-state index in [1.165, 1.54) is 5.56 Å². The van der Waals surface area contributed by atoms with Gasteiger partial charge in [-0.2, -0.15) is 0 Å². The van der Waals surface area contributed by atoms with Crippen molar-refractivity contribution < 1.29 is 0 Å². The summed E-state index contributed by atoms with van der Waals surface area (Å²) in [5.74, 6) is 0. The molecule has 4 heterocycles. The van der Waals surface area contributed by atoms with Crippen molar-refractivity contribution >= 4 is 11.3 Å². The van der Waals surface area contributed by atoms with E-state index in [0.717, 1.165) is 50.8 Å². The Hall–Kier alpha value is -3.05. The van der Waals surface area contributed by atoms with E-state index in [4.69, 9.17) is 0 Å². The summed E-state index contributed by atoms with van der Waals surface area (Å²) in [5.41, 5.74) is 7.12. The van der Waals surface area contributed by atoms with Crippen LogP contribution in [0.2, 0.25) is 0 Å². The van der Waals surface area contributed by atoms with Crippen molar-refractivity contribution in [1.29, 1.82) is 0 Å². The Morgan fingerprint density at radius 1 is 1.03 bits per heavy atom. The average molecular weight is 400 g/mol. The van der Waals surface area contributed by atoms with Crippen LogP contribution in [-0.4, -0.2) is 14.5 Å². The number of aryl methyl sites for hydroxylation is 3. The predicted molar refractivity (Wildman–Crippen MR) is 118 cm³/mol. The Balaban J connectivity index is 1.88. The molecular formula is C24H21N3OS. The molecule has 5 heteroatoms. The van der Waals surface area contributed by atoms with Crippen LogP contribution >= 0.6 is 11.3 Å². The summed E-state index contributed by atoms with van der Waals surface area (Å²) in [6.45, 7) is 4.74. The lowest BCUT2D eigenvalue weighted by atomic mass is 9.95. The number of pyridine rings is 2. The molecule has 0 radical (unpaired) electrons. The number of nitrogens with zero attached hydrogens (tertiary/aromatic N) is 3. The van der Waals surface area contributed by atoms with Crippen LogP contribution < -0.4 is 5.56 Å². The van der Waals surface area contributed by atoms with E-state index in [-0.39, 0.29) is 5.56 Å². The lowest BCUT2D eigenvalue weighted by Gasteiger charge is -2.18. The molecule has 4 nitrogen and oxygen atoms in total. The van der Waals surface area contributed by atoms with Crippen molar-refractivity contribution in [2.45, 2.75) is 33.2 Å². The third-order valence-electron chi connectivity index (χ3n) is 5.63. The SMILES string of the molecule is Cc1nc(-c2cc(-c3ccccc3)c3n(c2=O)CCCc2ccncc2-3)sc1C. The number of fused-ring (bicyclic) bond motifs is 3. The molecule has 0 N–H and O–H groups in total. The topological polar surface area (TPSA) is 47.8 Å². The molecule has 0 aliphatic carbocycles. The Morgan fingerprint density at radius 3 is 2.62 bits per heavy atom. The zero-order chi connectivity index (χ0) is 20.0. The van der Waals surface area contributed by atoms with Gasteiger partial charge in [0.05, 0.1) is 17.0 Å². The second-order valence-corrected chi connectivity index (χ2v) is 8.64. The molecule has 0 saturated heterocycles. The van der Waals surface area contributed by atoms with Crippen LogP contribution in [0.25, 0.3) is 33.0 Å². The second-order valence-electron chi connectivity index (χ2n) is 7.44. The van der Waals surface area contributed by atoms with Crippen LogP contribution in [0.15, 0.2) is 59.7 Å². The number of hydrogen-bond donors (Lipinski definition) is 0. The van der Waals surface area contributed by atoms with Crippen molar-refractivity contribution in [2.75, 3.05) is 0 Å². The van der Waals surface area contributed by atoms with Crippen molar-refractivity contribution in [1.82, 2.24) is 14.5 Å². The van der Waals surface area contributed by atoms with Crippen molar-refractivity contribution in [2.24, 2.45) is 0 Å². The number of rotatable bonds is 2. The van der Waals surface area contributed by atoms with E-state index in [0.29, 0.717) is 12.1 Å². The molecule has 29 heavy (non-hydrogen) atoms. The van der Waals surface area contributed by atoms with E-state index in [9.17, 15) is 4.79 Å². The lowest BCUT2D eigenvalue weighted by Crippen LogP contribution is -2.23. The highest BCUT2D eigenvalue weighted by Gasteiger charge is 2.23. The molecule has 0 bridgehead atoms. The standard InChI is InChI=1S/C24H21N3OS/c1-15-16(2)29-23(26-15)20-13-19(17-7-4-3-5-8-17)22-21-14-25-11-10-18(21)9-6-12-27(22)24(20)28/h3-5,7-8,10-11,13-14H,6,9,12H2,1-2H3. The van der Waals surface area contributed by atoms with Gasteiger partial charge in [0.25, 0.3) is 5.56 Å². The largest absolute Gasteiger partial charge is 0.307 e. The first kappa shape index (κ1) is 18.0. The first-order valence-corrected chi connectivity index (χ1v) is 10.7. The first-order chi connectivity index (χ1) is 14.1. The highest BCUT2D eigenvalue weighted by molar-refractivity contribution is 7.15. The third kappa shape index (κ3) is 3.02. The minimum absolute atomic E-state index is 0.0325. The summed E-state index contributed by atoms with van der Waals surface area (Å²) in [7, 11) is 0. The molecule has 0 unspecified atom stereocenters. The fourth-order valence-corrected chi connectivity index (χ4v) is 4.95. The fraction of sp³-hybridized carbons (Fsp3) is 0.208. The maximum Gasteiger partial charge on any atom is 0.261 e. The van der Waals surface area contributed by atoms with Gasteiger partial charge >= 0.3 is 0 Å². The van der Waals surface area contributed by atoms with Gasteiger partial charge in [0.15, 0.2) is 0 Å². The van der Waals surface area contributed by atoms with Gasteiger partial charge in [0, 0.05) is 34.9 Å². The zero-order valence-electron chi connectivity index (χ0n) is 16.5. The monoisotopic (exact) mass is 399 g/mol. The molecule has 144 valence electrons. The van der Waals surface area contributed by atoms with Crippen LogP contribution in [0.4, 0.5) is 0 Å². The van der Waals surface area contributed by atoms with Crippen LogP contribution in [0.5, 0.6) is 0 Å². The molecule has 1 aliphatic rings. The highest BCUT2D eigenvalue weighted by atomic mass is 32.1. The molecule has 4 aromatic rings. The fourth-order valence-electron chi connectivity index (χ4n) is 4.03. The van der Waals surface area contributed by atoms with E-state index in [2.05, 4.69) is 35.1 Å². The minimum Gasteiger partial charge on any atom is -0.307 e. The number of thiazole rings is 1. The van der Waals surface area contributed by atoms with Crippen LogP contribution in [0.1, 0.15) is 22.6 Å². The van der Waals surface area contributed by atoms with Crippen molar-refractivity contribution in [3.63, 3.8) is 0 Å². The summed E-state index contributed by atoms with van der Waals surface area (Å²) >= 11 is 1.59. The Kier molecular flexibility index (Phi) is 4.40. The Morgan fingerprint density at radius 2 is 1.86 bits per heavy atom. The van der Waals surface area contributed by atoms with Crippen LogP contribution in [0, 0.1) is 13.8 Å². The quantitative estimate of drug-likeness (QED) is 0.462. The lowest BCUT2D eigenvalue weighted by molar-refractivity contribution is 0.642. The molecular weight excluding hydrogens is 378 g/mol. The van der Waals surface area contributed by atoms with Gasteiger partial charge in [0.1, 0.15) is 5.01 Å². The Bertz CT molecular complexity index is 1250. The summed E-state index contributed by atoms with van der Waals surface area (Å²) in [4.78, 5) is 23.8. The maximum atomic E-state index is 13.6. The molecule has 3 aromatic heterocycles. The summed E-state index contributed by atoms with van der Waals surface area (Å²) < 4.78 is 1.94. The normalized spacial score (nSPS) is 12.9. The Labute approximate surface area is 173 Å². The molecule has 1 aromatic carbocycles. The summed E-state index contributed by atoms with van der Waals surface area (Å²) in [6.07, 6.45) is 5.61. The molecule has 1 aliphatic heterocycles. The number of aromatic nitrogens is 3. The van der Waals surface area contributed by atoms with E-state index in [1.54, 1.807) is 11.3 Å². The third-order valence-corrected chi connectivity index (χ3v) is 6.73. The summed E-state index contributed by atoms with van der Waals surface area (Å²) in [6, 6.07) is 14.4. The van der Waals surface area contributed by atoms with Crippen LogP contribution in [0.3, 0.4) is 0 Å². The van der Waals surface area contributed by atoms with Gasteiger partial charge in [-0.3, -0.25) is 9.78 Å². The molecule has 0 saturated carbocycles. The van der Waals surface area contributed by atoms with Gasteiger partial charge in [-0.1, -0.05) is 30.3 Å². The average Bonchev–Trinajstić information content (AvgIpc) is 2.96. The molecule has 5 rings (SSSR count). The highest BCUT2D eigenvalue weighted by Crippen LogP contribution is 2.38. The van der Waals surface area contributed by atoms with E-state index in [1.807, 2.05) is 48.1 Å². The van der Waals surface area contributed by atoms with Crippen molar-refractivity contribution in [3.05, 3.63) is 81.3 Å². The smallest absolute Gasteiger partial charge is 0.261 e. The van der Waals surface area contributed by atoms with Crippen LogP contribution in [-0.2, 0) is 13.0 Å². The number of benzene rings is 1. The van der Waals surface area contributed by atoms with E-state index < -0.39 is 0 Å². The second kappa shape index (κ2) is 7.08. The van der Waals surface area contributed by atoms with Gasteiger partial charge in [-0.25, -0.2) is 4.98 Å². The summed E-state index contributed by atoms with van der Waals surface area (Å²) in [5, 5.41) is 0.799. The van der Waals surface area contributed by atoms with E-state index >= 15 is 0 Å². The molecule has 0 spiro atoms. The zero-order valence-corrected chi connectivity index (χ0v) is 17.3. The van der Waals surface area contributed by atoms with Gasteiger partial charge in [-0.05, 0) is 49.9 Å².